The maximum absolute atomic E-state index is 12.6. The molecule has 2 fully saturated rings. The van der Waals surface area contributed by atoms with Crippen LogP contribution in [0.5, 0.6) is 0 Å². The maximum Gasteiger partial charge on any atom is 0.257 e. The first-order chi connectivity index (χ1) is 9.57. The zero-order valence-electron chi connectivity index (χ0n) is 10.2. The third-order valence-electron chi connectivity index (χ3n) is 4.29. The van der Waals surface area contributed by atoms with Crippen molar-refractivity contribution in [1.29, 1.82) is 0 Å². The van der Waals surface area contributed by atoms with Crippen LogP contribution in [0.25, 0.3) is 0 Å². The van der Waals surface area contributed by atoms with E-state index >= 15 is 0 Å². The summed E-state index contributed by atoms with van der Waals surface area (Å²) in [7, 11) is 0. The van der Waals surface area contributed by atoms with E-state index < -0.39 is 40.8 Å². The molecule has 6 heteroatoms. The number of carbonyl (C=O) groups excluding carboxylic acids is 4. The van der Waals surface area contributed by atoms with Gasteiger partial charge in [0.25, 0.3) is 5.91 Å². The van der Waals surface area contributed by atoms with Gasteiger partial charge in [-0.05, 0) is 6.42 Å². The molecule has 1 N–H and O–H groups in total. The van der Waals surface area contributed by atoms with Crippen LogP contribution < -0.4 is 5.32 Å². The largest absolute Gasteiger partial charge is 0.477 e. The molecular weight excluding hydrogens is 262 g/mol. The molecule has 1 saturated carbocycles. The molecule has 2 aliphatic carbocycles. The minimum Gasteiger partial charge on any atom is -0.477 e. The van der Waals surface area contributed by atoms with Crippen LogP contribution in [0, 0.1) is 11.8 Å². The van der Waals surface area contributed by atoms with Crippen molar-refractivity contribution < 1.29 is 23.9 Å². The van der Waals surface area contributed by atoms with E-state index in [9.17, 15) is 19.2 Å². The van der Waals surface area contributed by atoms with Gasteiger partial charge in [-0.3, -0.25) is 24.5 Å². The molecule has 2 aliphatic heterocycles. The lowest BCUT2D eigenvalue weighted by Crippen LogP contribution is -2.51. The van der Waals surface area contributed by atoms with E-state index in [-0.39, 0.29) is 5.57 Å². The van der Waals surface area contributed by atoms with Gasteiger partial charge in [0.1, 0.15) is 5.92 Å². The first kappa shape index (κ1) is 11.3. The number of nitrogens with one attached hydrogen (secondary N) is 1. The average Bonchev–Trinajstić information content (AvgIpc) is 3.04. The number of hydrogen-bond acceptors (Lipinski definition) is 5. The molecule has 1 spiro atoms. The molecule has 6 nitrogen and oxygen atoms in total. The number of ether oxygens (including phenoxy) is 1. The summed E-state index contributed by atoms with van der Waals surface area (Å²) in [6.45, 7) is 0. The molecule has 1 saturated heterocycles. The predicted molar refractivity (Wildman–Crippen MR) is 63.9 cm³/mol. The number of Topliss-reactive ketones (excluding diaryl/α,β-unsaturated/α-hetero) is 2. The molecule has 100 valence electrons. The van der Waals surface area contributed by atoms with Gasteiger partial charge >= 0.3 is 0 Å². The lowest BCUT2D eigenvalue weighted by atomic mass is 9.81. The number of carbonyl (C=O) groups is 4. The van der Waals surface area contributed by atoms with Crippen molar-refractivity contribution in [3.05, 3.63) is 35.6 Å². The molecule has 2 heterocycles. The number of fused-ring (bicyclic) bond motifs is 3. The molecule has 4 aliphatic rings. The second-order valence-corrected chi connectivity index (χ2v) is 5.21. The highest BCUT2D eigenvalue weighted by Gasteiger charge is 2.70. The van der Waals surface area contributed by atoms with Crippen LogP contribution in [-0.2, 0) is 23.9 Å². The Balaban J connectivity index is 1.88. The van der Waals surface area contributed by atoms with Crippen LogP contribution in [0.2, 0.25) is 0 Å². The molecule has 4 rings (SSSR count). The van der Waals surface area contributed by atoms with Gasteiger partial charge in [-0.1, -0.05) is 18.2 Å². The van der Waals surface area contributed by atoms with Crippen molar-refractivity contribution in [1.82, 2.24) is 5.32 Å². The maximum atomic E-state index is 12.6. The first-order valence-corrected chi connectivity index (χ1v) is 6.26. The standard InChI is InChI=1S/C14H9NO5/c16-10-6-3-1-2-4-7(6)11(17)14(10)9-8(5-20-14)12(18)15-13(9)19/h1-3,5,7,9H,4H2,(H,15,18,19). The summed E-state index contributed by atoms with van der Waals surface area (Å²) >= 11 is 0. The van der Waals surface area contributed by atoms with Crippen molar-refractivity contribution >= 4 is 23.4 Å². The summed E-state index contributed by atoms with van der Waals surface area (Å²) in [4.78, 5) is 48.8. The van der Waals surface area contributed by atoms with Crippen molar-refractivity contribution in [3.63, 3.8) is 0 Å². The van der Waals surface area contributed by atoms with Crippen LogP contribution in [0.4, 0.5) is 0 Å². The summed E-state index contributed by atoms with van der Waals surface area (Å²) in [6.07, 6.45) is 6.57. The van der Waals surface area contributed by atoms with E-state index in [1.165, 1.54) is 0 Å². The van der Waals surface area contributed by atoms with E-state index in [0.29, 0.717) is 12.0 Å². The van der Waals surface area contributed by atoms with E-state index in [0.717, 1.165) is 6.26 Å². The van der Waals surface area contributed by atoms with Crippen LogP contribution >= 0.6 is 0 Å². The Labute approximate surface area is 113 Å². The minimum absolute atomic E-state index is 0.0592. The molecule has 0 aromatic rings. The van der Waals surface area contributed by atoms with Crippen molar-refractivity contribution in [2.75, 3.05) is 0 Å². The summed E-state index contributed by atoms with van der Waals surface area (Å²) in [5, 5.41) is 2.13. The normalized spacial score (nSPS) is 37.6. The fraction of sp³-hybridized carbons (Fsp3) is 0.286. The number of ketones is 2. The smallest absolute Gasteiger partial charge is 0.257 e. The number of allylic oxidation sites excluding steroid dienone is 3. The SMILES string of the molecule is O=C1NC(=O)C2C1=COC21C(=O)C2=CC=CCC2C1=O. The zero-order valence-corrected chi connectivity index (χ0v) is 10.2. The molecule has 3 unspecified atom stereocenters. The molecule has 0 aromatic carbocycles. The zero-order chi connectivity index (χ0) is 14.1. The topological polar surface area (TPSA) is 89.5 Å². The second-order valence-electron chi connectivity index (χ2n) is 5.21. The van der Waals surface area contributed by atoms with Gasteiger partial charge in [0.15, 0.2) is 5.78 Å². The third-order valence-corrected chi connectivity index (χ3v) is 4.29. The Kier molecular flexibility index (Phi) is 1.89. The Morgan fingerprint density at radius 1 is 1.20 bits per heavy atom. The van der Waals surface area contributed by atoms with Crippen molar-refractivity contribution in [2.24, 2.45) is 11.8 Å². The number of imide groups is 1. The Morgan fingerprint density at radius 2 is 2.00 bits per heavy atom. The Bertz CT molecular complexity index is 698. The van der Waals surface area contributed by atoms with Gasteiger partial charge in [0, 0.05) is 5.57 Å². The molecule has 20 heavy (non-hydrogen) atoms. The minimum atomic E-state index is -1.87. The van der Waals surface area contributed by atoms with Gasteiger partial charge in [0.2, 0.25) is 17.3 Å². The van der Waals surface area contributed by atoms with Crippen LogP contribution in [0.15, 0.2) is 35.6 Å². The number of rotatable bonds is 0. The van der Waals surface area contributed by atoms with Gasteiger partial charge in [-0.15, -0.1) is 0 Å². The highest BCUT2D eigenvalue weighted by Crippen LogP contribution is 2.49. The average molecular weight is 271 g/mol. The van der Waals surface area contributed by atoms with Gasteiger partial charge in [-0.2, -0.15) is 0 Å². The number of amides is 2. The van der Waals surface area contributed by atoms with Gasteiger partial charge in [0.05, 0.1) is 17.8 Å². The Hall–Kier alpha value is -2.50. The molecule has 0 bridgehead atoms. The van der Waals surface area contributed by atoms with E-state index in [1.807, 2.05) is 0 Å². The molecule has 0 radical (unpaired) electrons. The fourth-order valence-electron chi connectivity index (χ4n) is 3.36. The number of hydrogen-bond donors (Lipinski definition) is 1. The first-order valence-electron chi connectivity index (χ1n) is 6.26. The van der Waals surface area contributed by atoms with Crippen molar-refractivity contribution in [2.45, 2.75) is 12.0 Å². The van der Waals surface area contributed by atoms with E-state index in [2.05, 4.69) is 5.32 Å². The molecule has 3 atom stereocenters. The van der Waals surface area contributed by atoms with Gasteiger partial charge in [-0.25, -0.2) is 0 Å². The fourth-order valence-corrected chi connectivity index (χ4v) is 3.36. The molecule has 2 amide bonds. The second kappa shape index (κ2) is 3.33. The lowest BCUT2D eigenvalue weighted by Gasteiger charge is -2.24. The predicted octanol–water partition coefficient (Wildman–Crippen LogP) is -0.434. The summed E-state index contributed by atoms with van der Waals surface area (Å²) < 4.78 is 5.31. The van der Waals surface area contributed by atoms with Crippen LogP contribution in [0.3, 0.4) is 0 Å². The van der Waals surface area contributed by atoms with Gasteiger partial charge < -0.3 is 4.74 Å². The van der Waals surface area contributed by atoms with Crippen molar-refractivity contribution in [3.8, 4) is 0 Å². The quantitative estimate of drug-likeness (QED) is 0.477. The van der Waals surface area contributed by atoms with Crippen LogP contribution in [0.1, 0.15) is 6.42 Å². The third kappa shape index (κ3) is 1.02. The summed E-state index contributed by atoms with van der Waals surface area (Å²) in [6, 6.07) is 0. The highest BCUT2D eigenvalue weighted by atomic mass is 16.5. The molecular formula is C14H9NO5. The lowest BCUT2D eigenvalue weighted by molar-refractivity contribution is -0.152. The molecule has 0 aromatic heterocycles. The summed E-state index contributed by atoms with van der Waals surface area (Å²) in [5.74, 6) is -3.91. The van der Waals surface area contributed by atoms with Crippen LogP contribution in [-0.4, -0.2) is 29.0 Å². The monoisotopic (exact) mass is 271 g/mol. The van der Waals surface area contributed by atoms with E-state index in [1.54, 1.807) is 18.2 Å². The highest BCUT2D eigenvalue weighted by molar-refractivity contribution is 6.32. The summed E-state index contributed by atoms with van der Waals surface area (Å²) in [5.41, 5.74) is -1.45. The Morgan fingerprint density at radius 3 is 2.75 bits per heavy atom. The van der Waals surface area contributed by atoms with E-state index in [4.69, 9.17) is 4.74 Å².